The number of nitrogens with one attached hydrogen (secondary N) is 1. The maximum atomic E-state index is 12.6. The number of amides is 1. The molecule has 0 saturated heterocycles. The first-order valence-corrected chi connectivity index (χ1v) is 12.0. The molecule has 1 aliphatic carbocycles. The third-order valence-electron chi connectivity index (χ3n) is 5.67. The van der Waals surface area contributed by atoms with Crippen LogP contribution < -0.4 is 11.1 Å². The number of rotatable bonds is 6. The van der Waals surface area contributed by atoms with Gasteiger partial charge in [-0.15, -0.1) is 0 Å². The van der Waals surface area contributed by atoms with Gasteiger partial charge in [0, 0.05) is 12.7 Å². The van der Waals surface area contributed by atoms with Crippen LogP contribution in [0.15, 0.2) is 53.4 Å². The SMILES string of the molecule is CS(=O)(=O)c1ccc(-c2ccc(C[C@@H](C#N)NC(=O)C3(N)CCCCC3)cc2)cc1. The molecule has 158 valence electrons. The third-order valence-corrected chi connectivity index (χ3v) is 6.80. The summed E-state index contributed by atoms with van der Waals surface area (Å²) in [6.07, 6.45) is 5.86. The molecule has 1 fully saturated rings. The zero-order chi connectivity index (χ0) is 21.8. The molecule has 1 atom stereocenters. The Morgan fingerprint density at radius 3 is 2.10 bits per heavy atom. The van der Waals surface area contributed by atoms with Crippen LogP contribution in [0.5, 0.6) is 0 Å². The molecule has 0 unspecified atom stereocenters. The Hall–Kier alpha value is -2.69. The largest absolute Gasteiger partial charge is 0.338 e. The smallest absolute Gasteiger partial charge is 0.241 e. The summed E-state index contributed by atoms with van der Waals surface area (Å²) in [5.41, 5.74) is 8.17. The molecule has 0 spiro atoms. The number of nitriles is 1. The fraction of sp³-hybridized carbons (Fsp3) is 0.391. The first kappa shape index (κ1) is 22.0. The molecular weight excluding hydrogens is 398 g/mol. The molecule has 0 bridgehead atoms. The van der Waals surface area contributed by atoms with E-state index in [1.54, 1.807) is 24.3 Å². The molecule has 0 aromatic heterocycles. The number of hydrogen-bond donors (Lipinski definition) is 2. The molecule has 6 nitrogen and oxygen atoms in total. The Kier molecular flexibility index (Phi) is 6.59. The molecule has 1 aliphatic rings. The van der Waals surface area contributed by atoms with Crippen LogP contribution in [0.4, 0.5) is 0 Å². The number of nitrogens with zero attached hydrogens (tertiary/aromatic N) is 1. The highest BCUT2D eigenvalue weighted by Crippen LogP contribution is 2.26. The normalized spacial score (nSPS) is 17.0. The van der Waals surface area contributed by atoms with Crippen LogP contribution in [-0.2, 0) is 21.1 Å². The highest BCUT2D eigenvalue weighted by atomic mass is 32.2. The van der Waals surface area contributed by atoms with Gasteiger partial charge in [-0.3, -0.25) is 4.79 Å². The van der Waals surface area contributed by atoms with Crippen LogP contribution in [0.3, 0.4) is 0 Å². The fourth-order valence-electron chi connectivity index (χ4n) is 3.80. The van der Waals surface area contributed by atoms with Crippen LogP contribution >= 0.6 is 0 Å². The summed E-state index contributed by atoms with van der Waals surface area (Å²) in [7, 11) is -3.22. The number of carbonyl (C=O) groups excluding carboxylic acids is 1. The second-order valence-corrected chi connectivity index (χ2v) is 10.1. The van der Waals surface area contributed by atoms with E-state index in [0.29, 0.717) is 19.3 Å². The maximum Gasteiger partial charge on any atom is 0.241 e. The lowest BCUT2D eigenvalue weighted by Gasteiger charge is -2.32. The average Bonchev–Trinajstić information content (AvgIpc) is 2.73. The summed E-state index contributed by atoms with van der Waals surface area (Å²) in [6.45, 7) is 0. The fourth-order valence-corrected chi connectivity index (χ4v) is 4.43. The van der Waals surface area contributed by atoms with E-state index < -0.39 is 21.4 Å². The predicted molar refractivity (Wildman–Crippen MR) is 116 cm³/mol. The van der Waals surface area contributed by atoms with Crippen molar-refractivity contribution in [2.24, 2.45) is 5.73 Å². The van der Waals surface area contributed by atoms with Crippen molar-refractivity contribution in [3.63, 3.8) is 0 Å². The summed E-state index contributed by atoms with van der Waals surface area (Å²) in [6, 6.07) is 15.9. The minimum Gasteiger partial charge on any atom is -0.338 e. The molecule has 0 aliphatic heterocycles. The first-order chi connectivity index (χ1) is 14.2. The summed E-state index contributed by atoms with van der Waals surface area (Å²) in [5.74, 6) is -0.240. The van der Waals surface area contributed by atoms with Crippen molar-refractivity contribution in [3.05, 3.63) is 54.1 Å². The van der Waals surface area contributed by atoms with Gasteiger partial charge in [0.2, 0.25) is 5.91 Å². The van der Waals surface area contributed by atoms with Crippen molar-refractivity contribution in [1.82, 2.24) is 5.32 Å². The van der Waals surface area contributed by atoms with E-state index in [0.717, 1.165) is 36.0 Å². The summed E-state index contributed by atoms with van der Waals surface area (Å²) in [5, 5.41) is 12.3. The van der Waals surface area contributed by atoms with E-state index in [9.17, 15) is 18.5 Å². The van der Waals surface area contributed by atoms with E-state index in [1.165, 1.54) is 6.26 Å². The minimum absolute atomic E-state index is 0.240. The Morgan fingerprint density at radius 2 is 1.60 bits per heavy atom. The first-order valence-electron chi connectivity index (χ1n) is 10.1. The monoisotopic (exact) mass is 425 g/mol. The van der Waals surface area contributed by atoms with Gasteiger partial charge in [0.05, 0.1) is 16.5 Å². The molecule has 3 rings (SSSR count). The highest BCUT2D eigenvalue weighted by Gasteiger charge is 2.36. The van der Waals surface area contributed by atoms with Gasteiger partial charge in [-0.25, -0.2) is 8.42 Å². The van der Waals surface area contributed by atoms with Crippen LogP contribution in [-0.4, -0.2) is 32.2 Å². The van der Waals surface area contributed by atoms with Gasteiger partial charge in [0.1, 0.15) is 6.04 Å². The topological polar surface area (TPSA) is 113 Å². The summed E-state index contributed by atoms with van der Waals surface area (Å²) < 4.78 is 23.2. The van der Waals surface area contributed by atoms with Gasteiger partial charge in [-0.05, 0) is 41.7 Å². The molecule has 1 saturated carbocycles. The second-order valence-electron chi connectivity index (χ2n) is 8.07. The molecule has 0 heterocycles. The summed E-state index contributed by atoms with van der Waals surface area (Å²) >= 11 is 0. The van der Waals surface area contributed by atoms with Crippen molar-refractivity contribution in [1.29, 1.82) is 5.26 Å². The van der Waals surface area contributed by atoms with Gasteiger partial charge in [0.25, 0.3) is 0 Å². The molecular formula is C23H27N3O3S. The van der Waals surface area contributed by atoms with Crippen LogP contribution in [0.2, 0.25) is 0 Å². The van der Waals surface area contributed by atoms with Gasteiger partial charge >= 0.3 is 0 Å². The number of hydrogen-bond acceptors (Lipinski definition) is 5. The third kappa shape index (κ3) is 5.26. The Balaban J connectivity index is 1.65. The van der Waals surface area contributed by atoms with E-state index in [-0.39, 0.29) is 10.8 Å². The zero-order valence-electron chi connectivity index (χ0n) is 17.1. The minimum atomic E-state index is -3.22. The maximum absolute atomic E-state index is 12.6. The summed E-state index contributed by atoms with van der Waals surface area (Å²) in [4.78, 5) is 12.9. The number of carbonyl (C=O) groups is 1. The van der Waals surface area contributed by atoms with Crippen molar-refractivity contribution < 1.29 is 13.2 Å². The van der Waals surface area contributed by atoms with Crippen LogP contribution in [0.1, 0.15) is 37.7 Å². The van der Waals surface area contributed by atoms with Crippen LogP contribution in [0, 0.1) is 11.3 Å². The number of benzene rings is 2. The van der Waals surface area contributed by atoms with Gasteiger partial charge in [-0.1, -0.05) is 55.7 Å². The van der Waals surface area contributed by atoms with Gasteiger partial charge in [-0.2, -0.15) is 5.26 Å². The Bertz CT molecular complexity index is 1030. The molecule has 2 aromatic rings. The average molecular weight is 426 g/mol. The molecule has 1 amide bonds. The molecule has 2 aromatic carbocycles. The molecule has 0 radical (unpaired) electrons. The molecule has 3 N–H and O–H groups in total. The lowest BCUT2D eigenvalue weighted by molar-refractivity contribution is -0.127. The Morgan fingerprint density at radius 1 is 1.07 bits per heavy atom. The number of nitrogens with two attached hydrogens (primary N) is 1. The van der Waals surface area contributed by atoms with E-state index in [4.69, 9.17) is 5.73 Å². The van der Waals surface area contributed by atoms with Gasteiger partial charge < -0.3 is 11.1 Å². The highest BCUT2D eigenvalue weighted by molar-refractivity contribution is 7.90. The van der Waals surface area contributed by atoms with E-state index in [2.05, 4.69) is 11.4 Å². The lowest BCUT2D eigenvalue weighted by atomic mass is 9.81. The van der Waals surface area contributed by atoms with E-state index >= 15 is 0 Å². The van der Waals surface area contributed by atoms with Crippen molar-refractivity contribution >= 4 is 15.7 Å². The van der Waals surface area contributed by atoms with Gasteiger partial charge in [0.15, 0.2) is 9.84 Å². The Labute approximate surface area is 178 Å². The van der Waals surface area contributed by atoms with Crippen LogP contribution in [0.25, 0.3) is 11.1 Å². The predicted octanol–water partition coefficient (Wildman–Crippen LogP) is 2.97. The molecule has 30 heavy (non-hydrogen) atoms. The lowest BCUT2D eigenvalue weighted by Crippen LogP contribution is -2.57. The van der Waals surface area contributed by atoms with Crippen molar-refractivity contribution in [3.8, 4) is 17.2 Å². The standard InChI is InChI=1S/C23H27N3O3S/c1-30(28,29)21-11-9-19(10-12-21)18-7-5-17(6-8-18)15-20(16-24)26-22(27)23(25)13-3-2-4-14-23/h5-12,20H,2-4,13-15,25H2,1H3,(H,26,27)/t20-/m0/s1. The molecule has 7 heteroatoms. The van der Waals surface area contributed by atoms with Crippen molar-refractivity contribution in [2.75, 3.05) is 6.26 Å². The quantitative estimate of drug-likeness (QED) is 0.739. The number of sulfone groups is 1. The van der Waals surface area contributed by atoms with E-state index in [1.807, 2.05) is 24.3 Å². The second kappa shape index (κ2) is 8.99. The van der Waals surface area contributed by atoms with Crippen molar-refractivity contribution in [2.45, 2.75) is 55.0 Å². The zero-order valence-corrected chi connectivity index (χ0v) is 17.9.